The van der Waals surface area contributed by atoms with Gasteiger partial charge in [-0.15, -0.1) is 0 Å². The van der Waals surface area contributed by atoms with Crippen molar-refractivity contribution in [3.05, 3.63) is 0 Å². The molecule has 0 saturated carbocycles. The normalized spacial score (nSPS) is 32.4. The molecular formula is C12H26N4O2S. The first-order valence-electron chi connectivity index (χ1n) is 7.18. The molecule has 19 heavy (non-hydrogen) atoms. The minimum Gasteiger partial charge on any atom is -0.299 e. The van der Waals surface area contributed by atoms with Gasteiger partial charge in [0, 0.05) is 50.6 Å². The lowest BCUT2D eigenvalue weighted by Crippen LogP contribution is -2.67. The molecule has 3 N–H and O–H groups in total. The Morgan fingerprint density at radius 3 is 2.47 bits per heavy atom. The van der Waals surface area contributed by atoms with Crippen molar-refractivity contribution in [2.45, 2.75) is 31.8 Å². The summed E-state index contributed by atoms with van der Waals surface area (Å²) in [5.74, 6) is 6.18. The van der Waals surface area contributed by atoms with Crippen molar-refractivity contribution < 1.29 is 8.42 Å². The van der Waals surface area contributed by atoms with Crippen LogP contribution in [0.4, 0.5) is 0 Å². The molecule has 0 aromatic heterocycles. The Bertz CT molecular complexity index is 379. The van der Waals surface area contributed by atoms with E-state index in [2.05, 4.69) is 15.2 Å². The monoisotopic (exact) mass is 290 g/mol. The first-order valence-corrected chi connectivity index (χ1v) is 9.01. The lowest BCUT2D eigenvalue weighted by atomic mass is 9.97. The van der Waals surface area contributed by atoms with Gasteiger partial charge in [-0.05, 0) is 12.8 Å². The Morgan fingerprint density at radius 1 is 1.32 bits per heavy atom. The van der Waals surface area contributed by atoms with E-state index < -0.39 is 9.84 Å². The van der Waals surface area contributed by atoms with Gasteiger partial charge in [0.15, 0.2) is 0 Å². The van der Waals surface area contributed by atoms with Crippen molar-refractivity contribution in [3.63, 3.8) is 0 Å². The summed E-state index contributed by atoms with van der Waals surface area (Å²) in [6.45, 7) is 7.27. The zero-order valence-electron chi connectivity index (χ0n) is 11.7. The smallest absolute Gasteiger partial charge is 0.150 e. The molecule has 0 aromatic carbocycles. The number of sulfone groups is 1. The summed E-state index contributed by atoms with van der Waals surface area (Å²) in [4.78, 5) is 4.96. The highest BCUT2D eigenvalue weighted by Gasteiger charge is 2.36. The van der Waals surface area contributed by atoms with Gasteiger partial charge >= 0.3 is 0 Å². The Hall–Kier alpha value is -0.210. The van der Waals surface area contributed by atoms with Crippen LogP contribution in [0.2, 0.25) is 0 Å². The molecule has 3 heterocycles. The zero-order valence-corrected chi connectivity index (χ0v) is 12.5. The zero-order chi connectivity index (χ0) is 13.9. The van der Waals surface area contributed by atoms with Crippen molar-refractivity contribution >= 4 is 9.84 Å². The molecule has 3 rings (SSSR count). The topological polar surface area (TPSA) is 78.7 Å². The lowest BCUT2D eigenvalue weighted by Gasteiger charge is -2.50. The van der Waals surface area contributed by atoms with Crippen molar-refractivity contribution in [1.29, 1.82) is 0 Å². The van der Waals surface area contributed by atoms with Crippen molar-refractivity contribution in [2.24, 2.45) is 5.84 Å². The summed E-state index contributed by atoms with van der Waals surface area (Å²) in [5, 5.41) is 0. The summed E-state index contributed by atoms with van der Waals surface area (Å²) < 4.78 is 23.0. The Kier molecular flexibility index (Phi) is 5.19. The number of hydrogen-bond acceptors (Lipinski definition) is 6. The largest absolute Gasteiger partial charge is 0.299 e. The second-order valence-electron chi connectivity index (χ2n) is 5.56. The van der Waals surface area contributed by atoms with Crippen molar-refractivity contribution in [2.75, 3.05) is 44.2 Å². The molecule has 2 atom stereocenters. The molecule has 3 fully saturated rings. The molecule has 3 aliphatic rings. The minimum absolute atomic E-state index is 0.190. The molecule has 0 radical (unpaired) electrons. The average Bonchev–Trinajstić information content (AvgIpc) is 2.45. The Labute approximate surface area is 116 Å². The summed E-state index contributed by atoms with van der Waals surface area (Å²) in [7, 11) is -2.86. The van der Waals surface area contributed by atoms with Gasteiger partial charge in [0.1, 0.15) is 9.84 Å². The fourth-order valence-electron chi connectivity index (χ4n) is 3.09. The summed E-state index contributed by atoms with van der Waals surface area (Å²) in [5.41, 5.74) is 2.90. The molecule has 0 spiro atoms. The van der Waals surface area contributed by atoms with E-state index in [0.29, 0.717) is 12.5 Å². The minimum atomic E-state index is -2.86. The summed E-state index contributed by atoms with van der Waals surface area (Å²) in [6, 6.07) is 0.618. The van der Waals surface area contributed by atoms with Crippen LogP contribution in [0.25, 0.3) is 0 Å². The van der Waals surface area contributed by atoms with Gasteiger partial charge < -0.3 is 0 Å². The van der Waals surface area contributed by atoms with Crippen LogP contribution in [0, 0.1) is 0 Å². The quantitative estimate of drug-likeness (QED) is 0.464. The van der Waals surface area contributed by atoms with Gasteiger partial charge in [-0.1, -0.05) is 6.92 Å². The van der Waals surface area contributed by atoms with Gasteiger partial charge in [0.2, 0.25) is 0 Å². The second-order valence-corrected chi connectivity index (χ2v) is 8.03. The molecule has 3 aliphatic heterocycles. The average molecular weight is 290 g/mol. The second kappa shape index (κ2) is 6.49. The number of hydrazine groups is 1. The molecule has 0 amide bonds. The van der Waals surface area contributed by atoms with E-state index in [9.17, 15) is 8.42 Å². The third-order valence-corrected chi connectivity index (χ3v) is 6.20. The maximum atomic E-state index is 11.5. The van der Waals surface area contributed by atoms with Gasteiger partial charge in [0.05, 0.1) is 5.75 Å². The van der Waals surface area contributed by atoms with Crippen LogP contribution < -0.4 is 11.3 Å². The van der Waals surface area contributed by atoms with Crippen LogP contribution in [0.5, 0.6) is 0 Å². The van der Waals surface area contributed by atoms with E-state index in [0.717, 1.165) is 39.1 Å². The van der Waals surface area contributed by atoms with Crippen molar-refractivity contribution in [3.8, 4) is 0 Å². The van der Waals surface area contributed by atoms with Crippen LogP contribution in [0.1, 0.15) is 19.8 Å². The predicted octanol–water partition coefficient (Wildman–Crippen LogP) is -0.967. The van der Waals surface area contributed by atoms with Crippen LogP contribution in [-0.4, -0.2) is 74.5 Å². The standard InChI is InChI=1S/C12H26N4O2S/c1-2-19(17,18)9-3-4-11(14-13)12-10-15-5-7-16(12)8-6-15/h11-12,14H,2-10,13H2,1H3. The number of piperazine rings is 3. The van der Waals surface area contributed by atoms with Crippen LogP contribution in [0.15, 0.2) is 0 Å². The van der Waals surface area contributed by atoms with Crippen molar-refractivity contribution in [1.82, 2.24) is 15.2 Å². The third-order valence-electron chi connectivity index (χ3n) is 4.41. The molecule has 7 heteroatoms. The van der Waals surface area contributed by atoms with E-state index >= 15 is 0 Å². The molecule has 6 nitrogen and oxygen atoms in total. The fourth-order valence-corrected chi connectivity index (χ4v) is 3.99. The van der Waals surface area contributed by atoms with Crippen LogP contribution in [-0.2, 0) is 9.84 Å². The summed E-state index contributed by atoms with van der Waals surface area (Å²) in [6.07, 6.45) is 1.51. The molecule has 0 aliphatic carbocycles. The number of rotatable bonds is 7. The molecule has 3 saturated heterocycles. The number of hydrogen-bond donors (Lipinski definition) is 2. The molecule has 2 bridgehead atoms. The molecule has 2 unspecified atom stereocenters. The van der Waals surface area contributed by atoms with Crippen LogP contribution in [0.3, 0.4) is 0 Å². The fraction of sp³-hybridized carbons (Fsp3) is 1.00. The first kappa shape index (κ1) is 15.2. The van der Waals surface area contributed by atoms with Gasteiger partial charge in [0.25, 0.3) is 0 Å². The Balaban J connectivity index is 1.83. The van der Waals surface area contributed by atoms with E-state index in [1.54, 1.807) is 6.92 Å². The van der Waals surface area contributed by atoms with E-state index in [4.69, 9.17) is 5.84 Å². The maximum Gasteiger partial charge on any atom is 0.150 e. The lowest BCUT2D eigenvalue weighted by molar-refractivity contribution is -0.00454. The van der Waals surface area contributed by atoms with Gasteiger partial charge in [-0.25, -0.2) is 8.42 Å². The first-order chi connectivity index (χ1) is 9.05. The number of nitrogens with one attached hydrogen (secondary N) is 1. The van der Waals surface area contributed by atoms with Gasteiger partial charge in [-0.2, -0.15) is 0 Å². The summed E-state index contributed by atoms with van der Waals surface area (Å²) >= 11 is 0. The number of fused-ring (bicyclic) bond motifs is 3. The molecular weight excluding hydrogens is 264 g/mol. The van der Waals surface area contributed by atoms with E-state index in [-0.39, 0.29) is 17.5 Å². The predicted molar refractivity (Wildman–Crippen MR) is 76.5 cm³/mol. The third kappa shape index (κ3) is 3.88. The highest BCUT2D eigenvalue weighted by atomic mass is 32.2. The SMILES string of the molecule is CCS(=O)(=O)CCCC(NN)C1CN2CCN1CC2. The highest BCUT2D eigenvalue weighted by Crippen LogP contribution is 2.20. The highest BCUT2D eigenvalue weighted by molar-refractivity contribution is 7.91. The number of nitrogens with two attached hydrogens (primary N) is 1. The maximum absolute atomic E-state index is 11.5. The van der Waals surface area contributed by atoms with Gasteiger partial charge in [-0.3, -0.25) is 21.1 Å². The molecule has 0 aromatic rings. The van der Waals surface area contributed by atoms with E-state index in [1.165, 1.54) is 0 Å². The van der Waals surface area contributed by atoms with E-state index in [1.807, 2.05) is 0 Å². The Morgan fingerprint density at radius 2 is 2.00 bits per heavy atom. The molecule has 112 valence electrons. The number of nitrogens with zero attached hydrogens (tertiary/aromatic N) is 2. The van der Waals surface area contributed by atoms with Crippen LogP contribution >= 0.6 is 0 Å².